The summed E-state index contributed by atoms with van der Waals surface area (Å²) in [5.41, 5.74) is 2.76. The molecule has 0 radical (unpaired) electrons. The molecule has 0 bridgehead atoms. The third-order valence-corrected chi connectivity index (χ3v) is 3.68. The highest BCUT2D eigenvalue weighted by molar-refractivity contribution is 6.09. The van der Waals surface area contributed by atoms with Gasteiger partial charge in [-0.1, -0.05) is 36.4 Å². The van der Waals surface area contributed by atoms with Gasteiger partial charge in [0.1, 0.15) is 0 Å². The molecule has 0 fully saturated rings. The Bertz CT molecular complexity index is 864. The average molecular weight is 340 g/mol. The van der Waals surface area contributed by atoms with Crippen LogP contribution >= 0.6 is 0 Å². The Morgan fingerprint density at radius 1 is 0.654 bits per heavy atom. The molecule has 26 heavy (non-hydrogen) atoms. The fourth-order valence-electron chi connectivity index (χ4n) is 2.28. The summed E-state index contributed by atoms with van der Waals surface area (Å²) < 4.78 is 0. The van der Waals surface area contributed by atoms with Crippen LogP contribution in [0.2, 0.25) is 0 Å². The van der Waals surface area contributed by atoms with Crippen LogP contribution in [0.3, 0.4) is 0 Å². The Labute approximate surface area is 151 Å². The molecule has 0 aliphatic carbocycles. The Kier molecular flexibility index (Phi) is 5.58. The Balaban J connectivity index is 1.66. The maximum atomic E-state index is 12.2. The molecule has 1 aromatic carbocycles. The van der Waals surface area contributed by atoms with E-state index in [-0.39, 0.29) is 11.6 Å². The monoisotopic (exact) mass is 340 g/mol. The number of hydrogen-bond acceptors (Lipinski definition) is 4. The Morgan fingerprint density at radius 2 is 1.08 bits per heavy atom. The fraction of sp³-hybridized carbons (Fsp3) is 0. The third kappa shape index (κ3) is 4.68. The van der Waals surface area contributed by atoms with Gasteiger partial charge in [-0.05, 0) is 47.6 Å². The smallest absolute Gasteiger partial charge is 0.185 e. The molecular formula is C22H16N2O2. The second kappa shape index (κ2) is 8.44. The lowest BCUT2D eigenvalue weighted by Crippen LogP contribution is -1.98. The number of aromatic nitrogens is 2. The lowest BCUT2D eigenvalue weighted by atomic mass is 10.0. The molecule has 2 heterocycles. The van der Waals surface area contributed by atoms with Crippen LogP contribution in [0.15, 0.2) is 85.5 Å². The van der Waals surface area contributed by atoms with Gasteiger partial charge in [-0.2, -0.15) is 0 Å². The highest BCUT2D eigenvalue weighted by Crippen LogP contribution is 2.10. The number of hydrogen-bond donors (Lipinski definition) is 0. The van der Waals surface area contributed by atoms with Crippen molar-refractivity contribution in [3.05, 3.63) is 108 Å². The minimum atomic E-state index is -0.126. The van der Waals surface area contributed by atoms with Crippen molar-refractivity contribution < 1.29 is 9.59 Å². The molecule has 0 atom stereocenters. The molecule has 4 nitrogen and oxygen atoms in total. The van der Waals surface area contributed by atoms with E-state index in [1.165, 1.54) is 12.2 Å². The maximum Gasteiger partial charge on any atom is 0.185 e. The van der Waals surface area contributed by atoms with E-state index in [0.29, 0.717) is 11.1 Å². The van der Waals surface area contributed by atoms with Crippen LogP contribution in [0.5, 0.6) is 0 Å². The SMILES string of the molecule is O=C(/C=C/c1cccnc1)c1ccc(C(=O)/C=C/c2cccnc2)cc1. The van der Waals surface area contributed by atoms with Crippen molar-refractivity contribution in [1.82, 2.24) is 9.97 Å². The molecule has 0 spiro atoms. The molecule has 0 aliphatic heterocycles. The minimum absolute atomic E-state index is 0.126. The van der Waals surface area contributed by atoms with E-state index in [0.717, 1.165) is 11.1 Å². The minimum Gasteiger partial charge on any atom is -0.289 e. The number of nitrogens with zero attached hydrogens (tertiary/aromatic N) is 2. The molecule has 0 aliphatic rings. The number of ketones is 2. The van der Waals surface area contributed by atoms with Gasteiger partial charge in [-0.3, -0.25) is 19.6 Å². The highest BCUT2D eigenvalue weighted by Gasteiger charge is 2.05. The number of carbonyl (C=O) groups is 2. The first kappa shape index (κ1) is 17.2. The molecule has 4 heteroatoms. The van der Waals surface area contributed by atoms with Crippen LogP contribution in [-0.4, -0.2) is 21.5 Å². The van der Waals surface area contributed by atoms with E-state index in [1.54, 1.807) is 61.2 Å². The largest absolute Gasteiger partial charge is 0.289 e. The summed E-state index contributed by atoms with van der Waals surface area (Å²) in [5, 5.41) is 0. The van der Waals surface area contributed by atoms with Crippen LogP contribution in [0.25, 0.3) is 12.2 Å². The van der Waals surface area contributed by atoms with Crippen LogP contribution in [-0.2, 0) is 0 Å². The molecule has 0 unspecified atom stereocenters. The summed E-state index contributed by atoms with van der Waals surface area (Å²) in [6, 6.07) is 14.0. The first-order chi connectivity index (χ1) is 12.7. The summed E-state index contributed by atoms with van der Waals surface area (Å²) in [6.45, 7) is 0. The maximum absolute atomic E-state index is 12.2. The zero-order valence-electron chi connectivity index (χ0n) is 13.9. The van der Waals surface area contributed by atoms with Gasteiger partial charge in [0.25, 0.3) is 0 Å². The van der Waals surface area contributed by atoms with Crippen molar-refractivity contribution in [3.8, 4) is 0 Å². The van der Waals surface area contributed by atoms with Crippen molar-refractivity contribution in [2.45, 2.75) is 0 Å². The zero-order valence-corrected chi connectivity index (χ0v) is 13.9. The van der Waals surface area contributed by atoms with E-state index < -0.39 is 0 Å². The molecule has 3 rings (SSSR count). The fourth-order valence-corrected chi connectivity index (χ4v) is 2.28. The summed E-state index contributed by atoms with van der Waals surface area (Å²) in [7, 11) is 0. The summed E-state index contributed by atoms with van der Waals surface area (Å²) >= 11 is 0. The second-order valence-corrected chi connectivity index (χ2v) is 5.55. The molecule has 0 saturated heterocycles. The van der Waals surface area contributed by atoms with Crippen LogP contribution in [0, 0.1) is 0 Å². The van der Waals surface area contributed by atoms with Gasteiger partial charge in [-0.15, -0.1) is 0 Å². The number of benzene rings is 1. The van der Waals surface area contributed by atoms with Gasteiger partial charge in [-0.25, -0.2) is 0 Å². The predicted octanol–water partition coefficient (Wildman–Crippen LogP) is 4.27. The predicted molar refractivity (Wildman–Crippen MR) is 102 cm³/mol. The number of allylic oxidation sites excluding steroid dienone is 2. The molecule has 3 aromatic rings. The van der Waals surface area contributed by atoms with Crippen molar-refractivity contribution in [3.63, 3.8) is 0 Å². The normalized spacial score (nSPS) is 11.1. The van der Waals surface area contributed by atoms with Crippen molar-refractivity contribution in [2.75, 3.05) is 0 Å². The molecule has 0 N–H and O–H groups in total. The standard InChI is InChI=1S/C22H16N2O2/c25-21(11-5-17-3-1-13-23-15-17)19-7-9-20(10-8-19)22(26)12-6-18-4-2-14-24-16-18/h1-16H/b11-5+,12-6+. The van der Waals surface area contributed by atoms with E-state index in [9.17, 15) is 9.59 Å². The van der Waals surface area contributed by atoms with Gasteiger partial charge in [0, 0.05) is 35.9 Å². The van der Waals surface area contributed by atoms with Crippen LogP contribution < -0.4 is 0 Å². The summed E-state index contributed by atoms with van der Waals surface area (Å²) in [4.78, 5) is 32.4. The van der Waals surface area contributed by atoms with Crippen LogP contribution in [0.4, 0.5) is 0 Å². The van der Waals surface area contributed by atoms with E-state index >= 15 is 0 Å². The number of carbonyl (C=O) groups excluding carboxylic acids is 2. The lowest BCUT2D eigenvalue weighted by Gasteiger charge is -1.99. The van der Waals surface area contributed by atoms with E-state index in [4.69, 9.17) is 0 Å². The molecule has 126 valence electrons. The average Bonchev–Trinajstić information content (AvgIpc) is 2.72. The first-order valence-electron chi connectivity index (χ1n) is 8.07. The highest BCUT2D eigenvalue weighted by atomic mass is 16.1. The molecule has 0 amide bonds. The van der Waals surface area contributed by atoms with Gasteiger partial charge in [0.2, 0.25) is 0 Å². The van der Waals surface area contributed by atoms with Crippen molar-refractivity contribution >= 4 is 23.7 Å². The first-order valence-corrected chi connectivity index (χ1v) is 8.07. The van der Waals surface area contributed by atoms with Crippen LogP contribution in [0.1, 0.15) is 31.8 Å². The number of rotatable bonds is 6. The lowest BCUT2D eigenvalue weighted by molar-refractivity contribution is 0.103. The third-order valence-electron chi connectivity index (χ3n) is 3.68. The number of pyridine rings is 2. The topological polar surface area (TPSA) is 59.9 Å². The second-order valence-electron chi connectivity index (χ2n) is 5.55. The van der Waals surface area contributed by atoms with Crippen molar-refractivity contribution in [1.29, 1.82) is 0 Å². The molecule has 0 saturated carbocycles. The quantitative estimate of drug-likeness (QED) is 0.497. The van der Waals surface area contributed by atoms with Gasteiger partial charge < -0.3 is 0 Å². The van der Waals surface area contributed by atoms with Gasteiger partial charge >= 0.3 is 0 Å². The van der Waals surface area contributed by atoms with Gasteiger partial charge in [0.15, 0.2) is 11.6 Å². The summed E-state index contributed by atoms with van der Waals surface area (Å²) in [5.74, 6) is -0.252. The van der Waals surface area contributed by atoms with Gasteiger partial charge in [0.05, 0.1) is 0 Å². The van der Waals surface area contributed by atoms with E-state index in [1.807, 2.05) is 24.3 Å². The van der Waals surface area contributed by atoms with Crippen molar-refractivity contribution in [2.24, 2.45) is 0 Å². The molecular weight excluding hydrogens is 324 g/mol. The Hall–Kier alpha value is -3.66. The van der Waals surface area contributed by atoms with E-state index in [2.05, 4.69) is 9.97 Å². The Morgan fingerprint density at radius 3 is 1.42 bits per heavy atom. The zero-order chi connectivity index (χ0) is 18.2. The summed E-state index contributed by atoms with van der Waals surface area (Å²) in [6.07, 6.45) is 13.1. The molecule has 2 aromatic heterocycles.